The summed E-state index contributed by atoms with van der Waals surface area (Å²) >= 11 is 0. The van der Waals surface area contributed by atoms with E-state index in [9.17, 15) is 14.3 Å². The number of amides is 1. The molecule has 2 aromatic rings. The SMILES string of the molecule is CCc1cccnc1CNC(=O)c1ccc(F)cc1O. The maximum atomic E-state index is 12.9. The van der Waals surface area contributed by atoms with Gasteiger partial charge in [0.1, 0.15) is 11.6 Å². The van der Waals surface area contributed by atoms with Crippen LogP contribution in [-0.4, -0.2) is 16.0 Å². The first kappa shape index (κ1) is 14.0. The van der Waals surface area contributed by atoms with Crippen molar-refractivity contribution < 1.29 is 14.3 Å². The number of benzene rings is 1. The summed E-state index contributed by atoms with van der Waals surface area (Å²) in [7, 11) is 0. The Morgan fingerprint density at radius 2 is 2.20 bits per heavy atom. The molecule has 0 aliphatic carbocycles. The number of halogens is 1. The quantitative estimate of drug-likeness (QED) is 0.900. The number of phenols is 1. The number of carbonyl (C=O) groups excluding carboxylic acids is 1. The molecule has 1 heterocycles. The molecule has 1 aromatic carbocycles. The molecular formula is C15H15FN2O2. The summed E-state index contributed by atoms with van der Waals surface area (Å²) in [4.78, 5) is 16.1. The fourth-order valence-corrected chi connectivity index (χ4v) is 1.91. The van der Waals surface area contributed by atoms with Gasteiger partial charge in [-0.3, -0.25) is 9.78 Å². The van der Waals surface area contributed by atoms with E-state index in [2.05, 4.69) is 10.3 Å². The van der Waals surface area contributed by atoms with Crippen LogP contribution in [0.2, 0.25) is 0 Å². The van der Waals surface area contributed by atoms with Gasteiger partial charge < -0.3 is 10.4 Å². The molecule has 0 aliphatic heterocycles. The number of hydrogen-bond acceptors (Lipinski definition) is 3. The van der Waals surface area contributed by atoms with Crippen molar-refractivity contribution in [2.24, 2.45) is 0 Å². The number of carbonyl (C=O) groups is 1. The standard InChI is InChI=1S/C15H15FN2O2/c1-2-10-4-3-7-17-13(10)9-18-15(20)12-6-5-11(16)8-14(12)19/h3-8,19H,2,9H2,1H3,(H,18,20). The Balaban J connectivity index is 2.09. The van der Waals surface area contributed by atoms with Gasteiger partial charge in [-0.05, 0) is 30.2 Å². The molecular weight excluding hydrogens is 259 g/mol. The average molecular weight is 274 g/mol. The second-order valence-electron chi connectivity index (χ2n) is 4.31. The number of rotatable bonds is 4. The van der Waals surface area contributed by atoms with Crippen LogP contribution in [0.4, 0.5) is 4.39 Å². The second-order valence-corrected chi connectivity index (χ2v) is 4.31. The zero-order valence-corrected chi connectivity index (χ0v) is 11.1. The molecule has 2 rings (SSSR count). The summed E-state index contributed by atoms with van der Waals surface area (Å²) in [6.07, 6.45) is 2.48. The predicted octanol–water partition coefficient (Wildman–Crippen LogP) is 2.42. The zero-order valence-electron chi connectivity index (χ0n) is 11.1. The Hall–Kier alpha value is -2.43. The Morgan fingerprint density at radius 3 is 2.90 bits per heavy atom. The molecule has 0 saturated carbocycles. The van der Waals surface area contributed by atoms with Crippen LogP contribution < -0.4 is 5.32 Å². The normalized spacial score (nSPS) is 10.3. The summed E-state index contributed by atoms with van der Waals surface area (Å²) in [5.74, 6) is -1.42. The van der Waals surface area contributed by atoms with E-state index in [1.165, 1.54) is 6.07 Å². The Morgan fingerprint density at radius 1 is 1.40 bits per heavy atom. The fraction of sp³-hybridized carbons (Fsp3) is 0.200. The molecule has 0 saturated heterocycles. The van der Waals surface area contributed by atoms with Crippen molar-refractivity contribution in [3.8, 4) is 5.75 Å². The molecule has 4 nitrogen and oxygen atoms in total. The minimum absolute atomic E-state index is 0.0420. The highest BCUT2D eigenvalue weighted by Crippen LogP contribution is 2.18. The van der Waals surface area contributed by atoms with Crippen LogP contribution >= 0.6 is 0 Å². The molecule has 0 unspecified atom stereocenters. The van der Waals surface area contributed by atoms with E-state index in [4.69, 9.17) is 0 Å². The van der Waals surface area contributed by atoms with Crippen LogP contribution in [0.3, 0.4) is 0 Å². The van der Waals surface area contributed by atoms with E-state index in [0.717, 1.165) is 29.8 Å². The first-order valence-electron chi connectivity index (χ1n) is 6.31. The molecule has 104 valence electrons. The number of aromatic hydroxyl groups is 1. The van der Waals surface area contributed by atoms with Crippen molar-refractivity contribution in [3.63, 3.8) is 0 Å². The van der Waals surface area contributed by atoms with E-state index >= 15 is 0 Å². The molecule has 5 heteroatoms. The molecule has 0 fully saturated rings. The fourth-order valence-electron chi connectivity index (χ4n) is 1.91. The van der Waals surface area contributed by atoms with Gasteiger partial charge in [-0.2, -0.15) is 0 Å². The van der Waals surface area contributed by atoms with E-state index in [1.807, 2.05) is 19.1 Å². The van der Waals surface area contributed by atoms with Gasteiger partial charge in [0.25, 0.3) is 5.91 Å². The Labute approximate surface area is 116 Å². The number of nitrogens with zero attached hydrogens (tertiary/aromatic N) is 1. The molecule has 2 N–H and O–H groups in total. The molecule has 0 spiro atoms. The predicted molar refractivity (Wildman–Crippen MR) is 72.9 cm³/mol. The van der Waals surface area contributed by atoms with Crippen molar-refractivity contribution in [3.05, 3.63) is 59.2 Å². The molecule has 0 atom stereocenters. The number of aryl methyl sites for hydroxylation is 1. The van der Waals surface area contributed by atoms with E-state index in [1.54, 1.807) is 6.20 Å². The van der Waals surface area contributed by atoms with Crippen LogP contribution in [0.1, 0.15) is 28.5 Å². The van der Waals surface area contributed by atoms with Gasteiger partial charge in [-0.15, -0.1) is 0 Å². The molecule has 1 aromatic heterocycles. The summed E-state index contributed by atoms with van der Waals surface area (Å²) in [6, 6.07) is 7.08. The number of aromatic nitrogens is 1. The highest BCUT2D eigenvalue weighted by Gasteiger charge is 2.12. The van der Waals surface area contributed by atoms with Gasteiger partial charge in [-0.1, -0.05) is 13.0 Å². The van der Waals surface area contributed by atoms with Crippen molar-refractivity contribution >= 4 is 5.91 Å². The number of pyridine rings is 1. The zero-order chi connectivity index (χ0) is 14.5. The number of hydrogen-bond donors (Lipinski definition) is 2. The second kappa shape index (κ2) is 6.14. The highest BCUT2D eigenvalue weighted by atomic mass is 19.1. The number of nitrogens with one attached hydrogen (secondary N) is 1. The first-order valence-corrected chi connectivity index (χ1v) is 6.31. The molecule has 0 radical (unpaired) electrons. The molecule has 0 aliphatic rings. The van der Waals surface area contributed by atoms with Crippen LogP contribution in [0.5, 0.6) is 5.75 Å². The average Bonchev–Trinajstić information content (AvgIpc) is 2.45. The maximum absolute atomic E-state index is 12.9. The largest absolute Gasteiger partial charge is 0.507 e. The van der Waals surface area contributed by atoms with Crippen LogP contribution in [0.15, 0.2) is 36.5 Å². The Bertz CT molecular complexity index is 629. The molecule has 1 amide bonds. The van der Waals surface area contributed by atoms with Crippen LogP contribution in [0, 0.1) is 5.82 Å². The van der Waals surface area contributed by atoms with Crippen LogP contribution in [0.25, 0.3) is 0 Å². The summed E-state index contributed by atoms with van der Waals surface area (Å²) in [5, 5.41) is 12.2. The van der Waals surface area contributed by atoms with Crippen molar-refractivity contribution in [2.75, 3.05) is 0 Å². The lowest BCUT2D eigenvalue weighted by molar-refractivity contribution is 0.0947. The topological polar surface area (TPSA) is 62.2 Å². The lowest BCUT2D eigenvalue weighted by Gasteiger charge is -2.09. The van der Waals surface area contributed by atoms with Crippen molar-refractivity contribution in [1.29, 1.82) is 0 Å². The Kier molecular flexibility index (Phi) is 4.30. The van der Waals surface area contributed by atoms with Gasteiger partial charge in [0, 0.05) is 12.3 Å². The van der Waals surface area contributed by atoms with Gasteiger partial charge in [0.2, 0.25) is 0 Å². The lowest BCUT2D eigenvalue weighted by Crippen LogP contribution is -2.24. The summed E-state index contributed by atoms with van der Waals surface area (Å²) < 4.78 is 12.9. The maximum Gasteiger partial charge on any atom is 0.255 e. The minimum atomic E-state index is -0.586. The summed E-state index contributed by atoms with van der Waals surface area (Å²) in [6.45, 7) is 2.27. The van der Waals surface area contributed by atoms with Gasteiger partial charge in [0.05, 0.1) is 17.8 Å². The number of phenolic OH excluding ortho intramolecular Hbond substituents is 1. The van der Waals surface area contributed by atoms with E-state index in [-0.39, 0.29) is 17.9 Å². The highest BCUT2D eigenvalue weighted by molar-refractivity contribution is 5.96. The van der Waals surface area contributed by atoms with Gasteiger partial charge in [0.15, 0.2) is 0 Å². The van der Waals surface area contributed by atoms with Crippen molar-refractivity contribution in [2.45, 2.75) is 19.9 Å². The smallest absolute Gasteiger partial charge is 0.255 e. The van der Waals surface area contributed by atoms with Gasteiger partial charge in [-0.25, -0.2) is 4.39 Å². The third kappa shape index (κ3) is 3.12. The minimum Gasteiger partial charge on any atom is -0.507 e. The summed E-state index contributed by atoms with van der Waals surface area (Å²) in [5.41, 5.74) is 1.88. The molecule has 0 bridgehead atoms. The van der Waals surface area contributed by atoms with Crippen molar-refractivity contribution in [1.82, 2.24) is 10.3 Å². The molecule has 20 heavy (non-hydrogen) atoms. The monoisotopic (exact) mass is 274 g/mol. The van der Waals surface area contributed by atoms with E-state index < -0.39 is 11.7 Å². The first-order chi connectivity index (χ1) is 9.61. The van der Waals surface area contributed by atoms with Gasteiger partial charge >= 0.3 is 0 Å². The third-order valence-electron chi connectivity index (χ3n) is 2.99. The van der Waals surface area contributed by atoms with E-state index in [0.29, 0.717) is 0 Å². The lowest BCUT2D eigenvalue weighted by atomic mass is 10.1. The third-order valence-corrected chi connectivity index (χ3v) is 2.99. The van der Waals surface area contributed by atoms with Crippen LogP contribution in [-0.2, 0) is 13.0 Å².